The maximum absolute atomic E-state index is 11.5. The first-order valence-corrected chi connectivity index (χ1v) is 5.54. The van der Waals surface area contributed by atoms with Crippen LogP contribution in [0.15, 0.2) is 24.3 Å². The van der Waals surface area contributed by atoms with Crippen molar-refractivity contribution in [3.8, 4) is 6.07 Å². The number of nitriles is 1. The van der Waals surface area contributed by atoms with Gasteiger partial charge in [0.15, 0.2) is 0 Å². The molecule has 0 aliphatic heterocycles. The van der Waals surface area contributed by atoms with Crippen molar-refractivity contribution in [3.05, 3.63) is 35.4 Å². The molecular formula is C12H12ClNO2. The highest BCUT2D eigenvalue weighted by atomic mass is 35.5. The predicted molar refractivity (Wildman–Crippen MR) is 61.4 cm³/mol. The standard InChI is InChI=1S/C12H12ClNO2/c13-6-1-2-7-16-12(15)11-5-3-4-10(8-11)9-14/h3-5,8H,1-2,6-7H2. The van der Waals surface area contributed by atoms with Crippen molar-refractivity contribution in [2.45, 2.75) is 12.8 Å². The Bertz CT molecular complexity index is 398. The zero-order valence-electron chi connectivity index (χ0n) is 8.78. The molecule has 1 aromatic rings. The lowest BCUT2D eigenvalue weighted by molar-refractivity contribution is 0.0500. The summed E-state index contributed by atoms with van der Waals surface area (Å²) in [5, 5.41) is 8.67. The van der Waals surface area contributed by atoms with Crippen LogP contribution >= 0.6 is 11.6 Å². The summed E-state index contributed by atoms with van der Waals surface area (Å²) in [5.74, 6) is 0.174. The monoisotopic (exact) mass is 237 g/mol. The van der Waals surface area contributed by atoms with E-state index >= 15 is 0 Å². The van der Waals surface area contributed by atoms with E-state index in [-0.39, 0.29) is 0 Å². The SMILES string of the molecule is N#Cc1cccc(C(=O)OCCCCCl)c1. The van der Waals surface area contributed by atoms with E-state index in [1.165, 1.54) is 6.07 Å². The molecule has 0 radical (unpaired) electrons. The number of unbranched alkanes of at least 4 members (excludes halogenated alkanes) is 1. The topological polar surface area (TPSA) is 50.1 Å². The molecule has 0 amide bonds. The highest BCUT2D eigenvalue weighted by Gasteiger charge is 2.06. The normalized spacial score (nSPS) is 9.50. The van der Waals surface area contributed by atoms with E-state index in [0.717, 1.165) is 12.8 Å². The number of benzene rings is 1. The van der Waals surface area contributed by atoms with Crippen LogP contribution in [0, 0.1) is 11.3 Å². The number of alkyl halides is 1. The van der Waals surface area contributed by atoms with Gasteiger partial charge >= 0.3 is 5.97 Å². The van der Waals surface area contributed by atoms with Crippen molar-refractivity contribution < 1.29 is 9.53 Å². The van der Waals surface area contributed by atoms with Crippen LogP contribution in [-0.2, 0) is 4.74 Å². The Hall–Kier alpha value is -1.53. The van der Waals surface area contributed by atoms with E-state index in [1.54, 1.807) is 18.2 Å². The van der Waals surface area contributed by atoms with Crippen molar-refractivity contribution in [2.75, 3.05) is 12.5 Å². The zero-order chi connectivity index (χ0) is 11.8. The number of rotatable bonds is 5. The summed E-state index contributed by atoms with van der Waals surface area (Å²) in [6, 6.07) is 8.42. The Morgan fingerprint density at radius 2 is 2.25 bits per heavy atom. The molecule has 4 heteroatoms. The molecular weight excluding hydrogens is 226 g/mol. The van der Waals surface area contributed by atoms with Crippen LogP contribution in [0.3, 0.4) is 0 Å². The van der Waals surface area contributed by atoms with Crippen molar-refractivity contribution in [3.63, 3.8) is 0 Å². The molecule has 1 aromatic carbocycles. The lowest BCUT2D eigenvalue weighted by Crippen LogP contribution is -2.06. The van der Waals surface area contributed by atoms with E-state index < -0.39 is 5.97 Å². The molecule has 0 atom stereocenters. The van der Waals surface area contributed by atoms with Gasteiger partial charge in [0.05, 0.1) is 23.8 Å². The molecule has 1 rings (SSSR count). The molecule has 0 fully saturated rings. The molecule has 0 saturated carbocycles. The van der Waals surface area contributed by atoms with Crippen LogP contribution in [-0.4, -0.2) is 18.5 Å². The van der Waals surface area contributed by atoms with Gasteiger partial charge in [0.25, 0.3) is 0 Å². The third-order valence-electron chi connectivity index (χ3n) is 1.99. The molecule has 0 bridgehead atoms. The van der Waals surface area contributed by atoms with Gasteiger partial charge in [0, 0.05) is 5.88 Å². The highest BCUT2D eigenvalue weighted by molar-refractivity contribution is 6.17. The summed E-state index contributed by atoms with van der Waals surface area (Å²) in [6.07, 6.45) is 1.58. The van der Waals surface area contributed by atoms with Crippen LogP contribution < -0.4 is 0 Å². The second kappa shape index (κ2) is 6.86. The van der Waals surface area contributed by atoms with Gasteiger partial charge in [-0.1, -0.05) is 6.07 Å². The number of ether oxygens (including phenoxy) is 1. The summed E-state index contributed by atoms with van der Waals surface area (Å²) < 4.78 is 5.02. The van der Waals surface area contributed by atoms with Crippen LogP contribution in [0.2, 0.25) is 0 Å². The van der Waals surface area contributed by atoms with E-state index in [2.05, 4.69) is 0 Å². The summed E-state index contributed by atoms with van der Waals surface area (Å²) in [4.78, 5) is 11.5. The smallest absolute Gasteiger partial charge is 0.338 e. The average molecular weight is 238 g/mol. The van der Waals surface area contributed by atoms with Gasteiger partial charge in [0.1, 0.15) is 0 Å². The summed E-state index contributed by atoms with van der Waals surface area (Å²) in [6.45, 7) is 0.363. The molecule has 0 unspecified atom stereocenters. The fourth-order valence-electron chi connectivity index (χ4n) is 1.16. The van der Waals surface area contributed by atoms with Gasteiger partial charge in [-0.15, -0.1) is 11.6 Å². The largest absolute Gasteiger partial charge is 0.462 e. The summed E-state index contributed by atoms with van der Waals surface area (Å²) >= 11 is 5.50. The minimum absolute atomic E-state index is 0.363. The van der Waals surface area contributed by atoms with Crippen LogP contribution in [0.1, 0.15) is 28.8 Å². The first-order chi connectivity index (χ1) is 7.77. The molecule has 3 nitrogen and oxygen atoms in total. The van der Waals surface area contributed by atoms with Crippen LogP contribution in [0.4, 0.5) is 0 Å². The van der Waals surface area contributed by atoms with E-state index in [0.29, 0.717) is 23.6 Å². The number of hydrogen-bond donors (Lipinski definition) is 0. The quantitative estimate of drug-likeness (QED) is 0.450. The van der Waals surface area contributed by atoms with E-state index in [9.17, 15) is 4.79 Å². The van der Waals surface area contributed by atoms with Gasteiger partial charge in [0.2, 0.25) is 0 Å². The highest BCUT2D eigenvalue weighted by Crippen LogP contribution is 2.06. The van der Waals surface area contributed by atoms with Crippen molar-refractivity contribution >= 4 is 17.6 Å². The van der Waals surface area contributed by atoms with Crippen molar-refractivity contribution in [2.24, 2.45) is 0 Å². The summed E-state index contributed by atoms with van der Waals surface area (Å²) in [7, 11) is 0. The van der Waals surface area contributed by atoms with Gasteiger partial charge in [-0.2, -0.15) is 5.26 Å². The first-order valence-electron chi connectivity index (χ1n) is 5.01. The molecule has 0 heterocycles. The minimum Gasteiger partial charge on any atom is -0.462 e. The average Bonchev–Trinajstić information content (AvgIpc) is 2.34. The minimum atomic E-state index is -0.397. The van der Waals surface area contributed by atoms with E-state index in [4.69, 9.17) is 21.6 Å². The number of halogens is 1. The zero-order valence-corrected chi connectivity index (χ0v) is 9.54. The molecule has 0 spiro atoms. The van der Waals surface area contributed by atoms with Gasteiger partial charge < -0.3 is 4.74 Å². The van der Waals surface area contributed by atoms with Gasteiger partial charge in [-0.05, 0) is 31.0 Å². The molecule has 0 aliphatic rings. The number of carbonyl (C=O) groups excluding carboxylic acids is 1. The third-order valence-corrected chi connectivity index (χ3v) is 2.26. The van der Waals surface area contributed by atoms with E-state index in [1.807, 2.05) is 6.07 Å². The Balaban J connectivity index is 2.50. The molecule has 0 aromatic heterocycles. The fourth-order valence-corrected chi connectivity index (χ4v) is 1.35. The molecule has 16 heavy (non-hydrogen) atoms. The Morgan fingerprint density at radius 3 is 2.94 bits per heavy atom. The predicted octanol–water partition coefficient (Wildman–Crippen LogP) is 2.73. The number of esters is 1. The third kappa shape index (κ3) is 3.92. The fraction of sp³-hybridized carbons (Fsp3) is 0.333. The van der Waals surface area contributed by atoms with Crippen LogP contribution in [0.25, 0.3) is 0 Å². The van der Waals surface area contributed by atoms with Gasteiger partial charge in [-0.25, -0.2) is 4.79 Å². The number of hydrogen-bond acceptors (Lipinski definition) is 3. The van der Waals surface area contributed by atoms with Crippen LogP contribution in [0.5, 0.6) is 0 Å². The maximum Gasteiger partial charge on any atom is 0.338 e. The maximum atomic E-state index is 11.5. The second-order valence-electron chi connectivity index (χ2n) is 3.22. The van der Waals surface area contributed by atoms with Gasteiger partial charge in [-0.3, -0.25) is 0 Å². The number of nitrogens with zero attached hydrogens (tertiary/aromatic N) is 1. The molecule has 0 aliphatic carbocycles. The lowest BCUT2D eigenvalue weighted by Gasteiger charge is -2.03. The van der Waals surface area contributed by atoms with Crippen molar-refractivity contribution in [1.82, 2.24) is 0 Å². The lowest BCUT2D eigenvalue weighted by atomic mass is 10.1. The Labute approximate surface area is 99.6 Å². The second-order valence-corrected chi connectivity index (χ2v) is 3.60. The summed E-state index contributed by atoms with van der Waals surface area (Å²) in [5.41, 5.74) is 0.861. The Morgan fingerprint density at radius 1 is 1.44 bits per heavy atom. The first kappa shape index (κ1) is 12.5. The van der Waals surface area contributed by atoms with Crippen molar-refractivity contribution in [1.29, 1.82) is 5.26 Å². The molecule has 0 N–H and O–H groups in total. The molecule has 0 saturated heterocycles. The molecule has 84 valence electrons. The number of carbonyl (C=O) groups is 1. The Kier molecular flexibility index (Phi) is 5.38.